The highest BCUT2D eigenvalue weighted by atomic mass is 15.2. The van der Waals surface area contributed by atoms with Gasteiger partial charge in [-0.05, 0) is 31.7 Å². The molecule has 0 aromatic carbocycles. The maximum absolute atomic E-state index is 4.12. The van der Waals surface area contributed by atoms with Crippen molar-refractivity contribution in [2.45, 2.75) is 38.6 Å². The third-order valence-electron chi connectivity index (χ3n) is 3.71. The second kappa shape index (κ2) is 2.59. The molecule has 1 nitrogen and oxygen atoms in total. The van der Waals surface area contributed by atoms with Crippen molar-refractivity contribution in [2.24, 2.45) is 5.92 Å². The first-order chi connectivity index (χ1) is 5.65. The van der Waals surface area contributed by atoms with Gasteiger partial charge in [0, 0.05) is 12.1 Å². The Hall–Kier alpha value is -0.300. The molecule has 0 aromatic rings. The number of nitrogens with zero attached hydrogens (tertiary/aromatic N) is 1. The van der Waals surface area contributed by atoms with Crippen molar-refractivity contribution in [3.8, 4) is 0 Å². The predicted molar refractivity (Wildman–Crippen MR) is 52.1 cm³/mol. The first kappa shape index (κ1) is 8.31. The Morgan fingerprint density at radius 3 is 2.83 bits per heavy atom. The van der Waals surface area contributed by atoms with E-state index < -0.39 is 0 Å². The second-order valence-corrected chi connectivity index (χ2v) is 4.71. The van der Waals surface area contributed by atoms with Crippen LogP contribution < -0.4 is 0 Å². The van der Waals surface area contributed by atoms with Crippen molar-refractivity contribution >= 4 is 0 Å². The van der Waals surface area contributed by atoms with E-state index in [0.29, 0.717) is 5.54 Å². The Morgan fingerprint density at radius 1 is 1.50 bits per heavy atom. The summed E-state index contributed by atoms with van der Waals surface area (Å²) in [7, 11) is 0. The summed E-state index contributed by atoms with van der Waals surface area (Å²) in [6.45, 7) is 11.3. The lowest BCUT2D eigenvalue weighted by atomic mass is 9.82. The minimum atomic E-state index is 0.511. The van der Waals surface area contributed by atoms with Crippen LogP contribution in [-0.4, -0.2) is 23.5 Å². The van der Waals surface area contributed by atoms with Crippen molar-refractivity contribution in [1.82, 2.24) is 4.90 Å². The van der Waals surface area contributed by atoms with E-state index in [-0.39, 0.29) is 0 Å². The number of fused-ring (bicyclic) bond motifs is 1. The standard InChI is InChI=1S/C11H19N/c1-9(2)11-5-4-6-12(11)8-10(3)7-11/h9H,3-8H2,1-2H3. The maximum Gasteiger partial charge on any atom is 0.0273 e. The Labute approximate surface area is 75.4 Å². The molecule has 1 unspecified atom stereocenters. The van der Waals surface area contributed by atoms with Gasteiger partial charge in [0.05, 0.1) is 0 Å². The summed E-state index contributed by atoms with van der Waals surface area (Å²) in [5, 5.41) is 0. The number of rotatable bonds is 1. The van der Waals surface area contributed by atoms with Gasteiger partial charge in [-0.25, -0.2) is 0 Å². The third kappa shape index (κ3) is 0.957. The molecule has 0 bridgehead atoms. The van der Waals surface area contributed by atoms with Crippen molar-refractivity contribution in [3.63, 3.8) is 0 Å². The fraction of sp³-hybridized carbons (Fsp3) is 0.818. The van der Waals surface area contributed by atoms with E-state index in [1.807, 2.05) is 0 Å². The second-order valence-electron chi connectivity index (χ2n) is 4.71. The molecule has 0 N–H and O–H groups in total. The summed E-state index contributed by atoms with van der Waals surface area (Å²) in [6.07, 6.45) is 4.04. The van der Waals surface area contributed by atoms with Gasteiger partial charge < -0.3 is 0 Å². The molecule has 0 aromatic heterocycles. The van der Waals surface area contributed by atoms with Gasteiger partial charge in [0.15, 0.2) is 0 Å². The maximum atomic E-state index is 4.12. The smallest absolute Gasteiger partial charge is 0.0273 e. The van der Waals surface area contributed by atoms with Gasteiger partial charge in [0.1, 0.15) is 0 Å². The Balaban J connectivity index is 2.26. The molecule has 2 rings (SSSR count). The van der Waals surface area contributed by atoms with Crippen LogP contribution in [0.1, 0.15) is 33.1 Å². The molecule has 12 heavy (non-hydrogen) atoms. The zero-order valence-corrected chi connectivity index (χ0v) is 8.27. The van der Waals surface area contributed by atoms with Gasteiger partial charge in [-0.2, -0.15) is 0 Å². The van der Waals surface area contributed by atoms with E-state index in [1.165, 1.54) is 31.4 Å². The van der Waals surface area contributed by atoms with Crippen LogP contribution in [0.2, 0.25) is 0 Å². The van der Waals surface area contributed by atoms with E-state index >= 15 is 0 Å². The van der Waals surface area contributed by atoms with E-state index in [4.69, 9.17) is 0 Å². The summed E-state index contributed by atoms with van der Waals surface area (Å²) >= 11 is 0. The van der Waals surface area contributed by atoms with Crippen molar-refractivity contribution in [2.75, 3.05) is 13.1 Å². The molecule has 2 heterocycles. The Morgan fingerprint density at radius 2 is 2.25 bits per heavy atom. The van der Waals surface area contributed by atoms with Crippen LogP contribution >= 0.6 is 0 Å². The van der Waals surface area contributed by atoms with Gasteiger partial charge in [0.2, 0.25) is 0 Å². The lowest BCUT2D eigenvalue weighted by Crippen LogP contribution is -2.42. The predicted octanol–water partition coefficient (Wildman–Crippen LogP) is 2.44. The summed E-state index contributed by atoms with van der Waals surface area (Å²) in [4.78, 5) is 2.65. The minimum Gasteiger partial charge on any atom is -0.293 e. The highest BCUT2D eigenvalue weighted by Crippen LogP contribution is 2.45. The molecule has 2 aliphatic rings. The molecule has 2 fully saturated rings. The Bertz CT molecular complexity index is 207. The lowest BCUT2D eigenvalue weighted by Gasteiger charge is -2.35. The molecule has 0 aliphatic carbocycles. The fourth-order valence-electron chi connectivity index (χ4n) is 3.01. The lowest BCUT2D eigenvalue weighted by molar-refractivity contribution is 0.136. The molecule has 0 amide bonds. The van der Waals surface area contributed by atoms with Crippen LogP contribution in [0, 0.1) is 5.92 Å². The van der Waals surface area contributed by atoms with Crippen molar-refractivity contribution in [3.05, 3.63) is 12.2 Å². The molecular formula is C11H19N. The van der Waals surface area contributed by atoms with Gasteiger partial charge in [-0.3, -0.25) is 4.90 Å². The average molecular weight is 165 g/mol. The van der Waals surface area contributed by atoms with Gasteiger partial charge >= 0.3 is 0 Å². The number of hydrogen-bond donors (Lipinski definition) is 0. The SMILES string of the molecule is C=C1CN2CCCC2(C(C)C)C1. The average Bonchev–Trinajstić information content (AvgIpc) is 2.42. The van der Waals surface area contributed by atoms with Crippen LogP contribution in [0.15, 0.2) is 12.2 Å². The first-order valence-electron chi connectivity index (χ1n) is 5.07. The molecule has 0 saturated carbocycles. The van der Waals surface area contributed by atoms with E-state index in [9.17, 15) is 0 Å². The molecule has 1 atom stereocenters. The zero-order chi connectivity index (χ0) is 8.77. The van der Waals surface area contributed by atoms with Crippen LogP contribution in [0.3, 0.4) is 0 Å². The summed E-state index contributed by atoms with van der Waals surface area (Å²) in [6, 6.07) is 0. The monoisotopic (exact) mass is 165 g/mol. The quantitative estimate of drug-likeness (QED) is 0.539. The number of hydrogen-bond acceptors (Lipinski definition) is 1. The fourth-order valence-corrected chi connectivity index (χ4v) is 3.01. The summed E-state index contributed by atoms with van der Waals surface area (Å²) in [5.74, 6) is 0.791. The van der Waals surface area contributed by atoms with Crippen molar-refractivity contribution < 1.29 is 0 Å². The van der Waals surface area contributed by atoms with Crippen LogP contribution in [0.25, 0.3) is 0 Å². The Kier molecular flexibility index (Phi) is 1.80. The van der Waals surface area contributed by atoms with Crippen LogP contribution in [-0.2, 0) is 0 Å². The first-order valence-corrected chi connectivity index (χ1v) is 5.07. The molecule has 2 aliphatic heterocycles. The normalized spacial score (nSPS) is 36.4. The van der Waals surface area contributed by atoms with Crippen LogP contribution in [0.4, 0.5) is 0 Å². The van der Waals surface area contributed by atoms with Gasteiger partial charge in [0.25, 0.3) is 0 Å². The van der Waals surface area contributed by atoms with Gasteiger partial charge in [-0.1, -0.05) is 26.0 Å². The molecule has 68 valence electrons. The largest absolute Gasteiger partial charge is 0.293 e. The van der Waals surface area contributed by atoms with Gasteiger partial charge in [-0.15, -0.1) is 0 Å². The molecular weight excluding hydrogens is 146 g/mol. The van der Waals surface area contributed by atoms with Crippen LogP contribution in [0.5, 0.6) is 0 Å². The zero-order valence-electron chi connectivity index (χ0n) is 8.27. The third-order valence-corrected chi connectivity index (χ3v) is 3.71. The topological polar surface area (TPSA) is 3.24 Å². The van der Waals surface area contributed by atoms with Crippen molar-refractivity contribution in [1.29, 1.82) is 0 Å². The van der Waals surface area contributed by atoms with E-state index in [2.05, 4.69) is 25.3 Å². The molecule has 0 spiro atoms. The highest BCUT2D eigenvalue weighted by molar-refractivity contribution is 5.18. The summed E-state index contributed by atoms with van der Waals surface area (Å²) < 4.78 is 0. The van der Waals surface area contributed by atoms with E-state index in [1.54, 1.807) is 0 Å². The minimum absolute atomic E-state index is 0.511. The molecule has 2 saturated heterocycles. The van der Waals surface area contributed by atoms with E-state index in [0.717, 1.165) is 12.5 Å². The molecule has 0 radical (unpaired) electrons. The molecule has 1 heteroatoms. The summed E-state index contributed by atoms with van der Waals surface area (Å²) in [5.41, 5.74) is 1.96. The highest BCUT2D eigenvalue weighted by Gasteiger charge is 2.47.